The van der Waals surface area contributed by atoms with Crippen LogP contribution in [0.3, 0.4) is 0 Å². The standard InChI is InChI=1S/C29H29Cl2N5O5/c30-20-8-7-17(12-21(20)31)32-29(41)36-15-23-19(18-4-1-2-5-22(18)33-23)13-25(36)27(38)35-10-3-6-24(35)26(37)34-11-9-16(14-34)28(39)40/h1-2,4-5,7-8,12,16,24-25,33H,3,6,9-11,13-15H2,(H,32,41)(H,39,40)/t16-,24-,25-/m1/s1. The first-order valence-corrected chi connectivity index (χ1v) is 14.4. The number of hydrogen-bond donors (Lipinski definition) is 3. The molecule has 4 heterocycles. The lowest BCUT2D eigenvalue weighted by atomic mass is 9.95. The minimum absolute atomic E-state index is 0.146. The van der Waals surface area contributed by atoms with Crippen molar-refractivity contribution in [3.8, 4) is 0 Å². The first-order chi connectivity index (χ1) is 19.7. The molecule has 1 aromatic heterocycles. The van der Waals surface area contributed by atoms with Gasteiger partial charge >= 0.3 is 12.0 Å². The van der Waals surface area contributed by atoms with E-state index >= 15 is 0 Å². The highest BCUT2D eigenvalue weighted by molar-refractivity contribution is 6.42. The van der Waals surface area contributed by atoms with Crippen molar-refractivity contribution < 1.29 is 24.3 Å². The maximum Gasteiger partial charge on any atom is 0.322 e. The number of hydrogen-bond acceptors (Lipinski definition) is 4. The van der Waals surface area contributed by atoms with E-state index in [1.807, 2.05) is 24.3 Å². The number of H-pyrrole nitrogens is 1. The van der Waals surface area contributed by atoms with Gasteiger partial charge in [-0.05, 0) is 49.1 Å². The molecule has 2 saturated heterocycles. The molecule has 0 saturated carbocycles. The number of carboxylic acid groups (broad SMARTS) is 1. The second-order valence-electron chi connectivity index (χ2n) is 10.8. The van der Waals surface area contributed by atoms with Crippen LogP contribution in [0.5, 0.6) is 0 Å². The third-order valence-corrected chi connectivity index (χ3v) is 9.13. The van der Waals surface area contributed by atoms with E-state index in [0.717, 1.165) is 22.2 Å². The van der Waals surface area contributed by atoms with Gasteiger partial charge < -0.3 is 30.1 Å². The molecule has 2 fully saturated rings. The topological polar surface area (TPSA) is 126 Å². The van der Waals surface area contributed by atoms with E-state index in [9.17, 15) is 24.3 Å². The zero-order valence-electron chi connectivity index (χ0n) is 22.1. The van der Waals surface area contributed by atoms with Crippen LogP contribution in [0.25, 0.3) is 10.9 Å². The van der Waals surface area contributed by atoms with Crippen LogP contribution in [0.4, 0.5) is 10.5 Å². The Bertz CT molecular complexity index is 1560. The minimum atomic E-state index is -0.917. The summed E-state index contributed by atoms with van der Waals surface area (Å²) in [7, 11) is 0. The van der Waals surface area contributed by atoms with E-state index < -0.39 is 30.0 Å². The number of halogens is 2. The van der Waals surface area contributed by atoms with Gasteiger partial charge in [0.25, 0.3) is 0 Å². The predicted octanol–water partition coefficient (Wildman–Crippen LogP) is 4.36. The quantitative estimate of drug-likeness (QED) is 0.412. The van der Waals surface area contributed by atoms with Gasteiger partial charge in [0, 0.05) is 48.3 Å². The van der Waals surface area contributed by atoms with Crippen molar-refractivity contribution in [2.45, 2.75) is 44.3 Å². The minimum Gasteiger partial charge on any atom is -0.481 e. The lowest BCUT2D eigenvalue weighted by Crippen LogP contribution is -2.57. The molecule has 3 aromatic rings. The first kappa shape index (κ1) is 27.4. The first-order valence-electron chi connectivity index (χ1n) is 13.6. The van der Waals surface area contributed by atoms with Crippen LogP contribution >= 0.6 is 23.2 Å². The van der Waals surface area contributed by atoms with Gasteiger partial charge in [-0.1, -0.05) is 41.4 Å². The maximum atomic E-state index is 14.2. The molecule has 0 bridgehead atoms. The van der Waals surface area contributed by atoms with E-state index in [1.54, 1.807) is 28.0 Å². The van der Waals surface area contributed by atoms with Gasteiger partial charge in [-0.25, -0.2) is 4.79 Å². The Morgan fingerprint density at radius 1 is 0.927 bits per heavy atom. The van der Waals surface area contributed by atoms with Crippen LogP contribution in [0, 0.1) is 5.92 Å². The van der Waals surface area contributed by atoms with E-state index in [1.165, 1.54) is 4.90 Å². The summed E-state index contributed by atoms with van der Waals surface area (Å²) in [5, 5.41) is 13.9. The number of nitrogens with one attached hydrogen (secondary N) is 2. The highest BCUT2D eigenvalue weighted by Gasteiger charge is 2.45. The number of carbonyl (C=O) groups is 4. The van der Waals surface area contributed by atoms with Gasteiger partial charge in [-0.15, -0.1) is 0 Å². The molecule has 0 aliphatic carbocycles. The lowest BCUT2D eigenvalue weighted by molar-refractivity contribution is -0.146. The Morgan fingerprint density at radius 3 is 2.49 bits per heavy atom. The number of aromatic nitrogens is 1. The number of urea groups is 1. The Labute approximate surface area is 246 Å². The molecule has 10 nitrogen and oxygen atoms in total. The summed E-state index contributed by atoms with van der Waals surface area (Å²) in [5.41, 5.74) is 3.19. The molecule has 214 valence electrons. The fourth-order valence-corrected chi connectivity index (χ4v) is 6.56. The zero-order chi connectivity index (χ0) is 28.8. The molecule has 4 amide bonds. The Kier molecular flexibility index (Phi) is 7.29. The van der Waals surface area contributed by atoms with Gasteiger partial charge in [-0.2, -0.15) is 0 Å². The number of aliphatic carboxylic acids is 1. The third kappa shape index (κ3) is 5.10. The average Bonchev–Trinajstić information content (AvgIpc) is 3.72. The fourth-order valence-electron chi connectivity index (χ4n) is 6.26. The number of fused-ring (bicyclic) bond motifs is 3. The Morgan fingerprint density at radius 2 is 1.73 bits per heavy atom. The van der Waals surface area contributed by atoms with Crippen LogP contribution in [-0.4, -0.2) is 80.3 Å². The molecular weight excluding hydrogens is 569 g/mol. The molecule has 41 heavy (non-hydrogen) atoms. The normalized spacial score (nSPS) is 22.2. The van der Waals surface area contributed by atoms with Gasteiger partial charge in [0.15, 0.2) is 0 Å². The van der Waals surface area contributed by atoms with Crippen molar-refractivity contribution in [3.63, 3.8) is 0 Å². The molecule has 3 atom stereocenters. The molecule has 0 unspecified atom stereocenters. The molecule has 0 spiro atoms. The van der Waals surface area contributed by atoms with E-state index in [2.05, 4.69) is 10.3 Å². The summed E-state index contributed by atoms with van der Waals surface area (Å²) in [6, 6.07) is 10.6. The largest absolute Gasteiger partial charge is 0.481 e. The van der Waals surface area contributed by atoms with Crippen LogP contribution in [-0.2, 0) is 27.3 Å². The Balaban J connectivity index is 1.29. The average molecular weight is 598 g/mol. The predicted molar refractivity (Wildman–Crippen MR) is 154 cm³/mol. The number of carboxylic acids is 1. The summed E-state index contributed by atoms with van der Waals surface area (Å²) < 4.78 is 0. The molecular formula is C29H29Cl2N5O5. The van der Waals surface area contributed by atoms with Gasteiger partial charge in [-0.3, -0.25) is 14.4 Å². The van der Waals surface area contributed by atoms with Crippen molar-refractivity contribution >= 4 is 63.6 Å². The summed E-state index contributed by atoms with van der Waals surface area (Å²) in [4.78, 5) is 60.9. The van der Waals surface area contributed by atoms with Gasteiger partial charge in [0.05, 0.1) is 22.5 Å². The molecule has 0 radical (unpaired) electrons. The number of rotatable bonds is 4. The SMILES string of the molecule is O=C(O)[C@@H]1CCN(C(=O)[C@H]2CCCN2C(=O)[C@H]2Cc3c([nH]c4ccccc34)CN2C(=O)Nc2ccc(Cl)c(Cl)c2)C1. The van der Waals surface area contributed by atoms with Crippen molar-refractivity contribution in [3.05, 3.63) is 63.8 Å². The number of benzene rings is 2. The molecule has 2 aromatic carbocycles. The number of para-hydroxylation sites is 1. The number of anilines is 1. The number of nitrogens with zero attached hydrogens (tertiary/aromatic N) is 3. The fraction of sp³-hybridized carbons (Fsp3) is 0.379. The van der Waals surface area contributed by atoms with Crippen molar-refractivity contribution in [1.29, 1.82) is 0 Å². The summed E-state index contributed by atoms with van der Waals surface area (Å²) in [6.07, 6.45) is 1.84. The summed E-state index contributed by atoms with van der Waals surface area (Å²) in [6.45, 7) is 1.07. The molecule has 12 heteroatoms. The second kappa shape index (κ2) is 10.9. The van der Waals surface area contributed by atoms with E-state index in [0.29, 0.717) is 48.1 Å². The van der Waals surface area contributed by atoms with Crippen molar-refractivity contribution in [2.24, 2.45) is 5.92 Å². The second-order valence-corrected chi connectivity index (χ2v) is 11.6. The molecule has 6 rings (SSSR count). The van der Waals surface area contributed by atoms with Gasteiger partial charge in [0.1, 0.15) is 12.1 Å². The van der Waals surface area contributed by atoms with E-state index in [-0.39, 0.29) is 31.3 Å². The van der Waals surface area contributed by atoms with Crippen LogP contribution in [0.15, 0.2) is 42.5 Å². The van der Waals surface area contributed by atoms with Gasteiger partial charge in [0.2, 0.25) is 11.8 Å². The molecule has 3 aliphatic heterocycles. The number of likely N-dealkylation sites (tertiary alicyclic amines) is 2. The third-order valence-electron chi connectivity index (χ3n) is 8.39. The monoisotopic (exact) mass is 597 g/mol. The maximum absolute atomic E-state index is 14.2. The summed E-state index contributed by atoms with van der Waals surface area (Å²) >= 11 is 12.2. The number of aromatic amines is 1. The molecule has 3 aliphatic rings. The lowest BCUT2D eigenvalue weighted by Gasteiger charge is -2.38. The number of amides is 4. The Hall–Kier alpha value is -3.76. The highest BCUT2D eigenvalue weighted by atomic mass is 35.5. The van der Waals surface area contributed by atoms with E-state index in [4.69, 9.17) is 23.2 Å². The molecule has 3 N–H and O–H groups in total. The smallest absolute Gasteiger partial charge is 0.322 e. The highest BCUT2D eigenvalue weighted by Crippen LogP contribution is 2.34. The number of carbonyl (C=O) groups excluding carboxylic acids is 3. The van der Waals surface area contributed by atoms with Crippen molar-refractivity contribution in [2.75, 3.05) is 25.0 Å². The summed E-state index contributed by atoms with van der Waals surface area (Å²) in [5.74, 6) is -2.03. The van der Waals surface area contributed by atoms with Crippen molar-refractivity contribution in [1.82, 2.24) is 19.7 Å². The van der Waals surface area contributed by atoms with Crippen LogP contribution in [0.1, 0.15) is 30.5 Å². The zero-order valence-corrected chi connectivity index (χ0v) is 23.6. The van der Waals surface area contributed by atoms with Crippen LogP contribution in [0.2, 0.25) is 10.0 Å². The van der Waals surface area contributed by atoms with Crippen LogP contribution < -0.4 is 5.32 Å².